The van der Waals surface area contributed by atoms with Gasteiger partial charge >= 0.3 is 0 Å². The summed E-state index contributed by atoms with van der Waals surface area (Å²) in [5.41, 5.74) is 3.27. The van der Waals surface area contributed by atoms with Crippen LogP contribution in [0.3, 0.4) is 0 Å². The standard InChI is InChI=1S/C19H29N5O2/c1-3-14(13-24-10-8-23(2)9-11-24)20-18(25)12-17-15-6-4-5-7-16(15)19(26)22-21-17/h4-7,14-16H,3,8-13H2,1-2H3,(H,20,25)(H,22,26). The molecule has 26 heavy (non-hydrogen) atoms. The second-order valence-electron chi connectivity index (χ2n) is 7.35. The number of allylic oxidation sites excluding steroid dienone is 3. The summed E-state index contributed by atoms with van der Waals surface area (Å²) < 4.78 is 0. The quantitative estimate of drug-likeness (QED) is 0.718. The smallest absolute Gasteiger partial charge is 0.247 e. The van der Waals surface area contributed by atoms with Crippen LogP contribution in [0.1, 0.15) is 19.8 Å². The van der Waals surface area contributed by atoms with Gasteiger partial charge in [-0.2, -0.15) is 5.10 Å². The molecule has 0 aromatic rings. The summed E-state index contributed by atoms with van der Waals surface area (Å²) >= 11 is 0. The van der Waals surface area contributed by atoms with Crippen LogP contribution in [0.2, 0.25) is 0 Å². The Labute approximate surface area is 155 Å². The molecule has 2 amide bonds. The monoisotopic (exact) mass is 359 g/mol. The zero-order chi connectivity index (χ0) is 18.5. The number of fused-ring (bicyclic) bond motifs is 1. The van der Waals surface area contributed by atoms with Crippen molar-refractivity contribution >= 4 is 17.5 Å². The van der Waals surface area contributed by atoms with Gasteiger partial charge in [0.1, 0.15) is 0 Å². The van der Waals surface area contributed by atoms with Gasteiger partial charge < -0.3 is 10.2 Å². The first-order valence-electron chi connectivity index (χ1n) is 9.48. The molecule has 7 heteroatoms. The molecule has 1 aliphatic carbocycles. The maximum Gasteiger partial charge on any atom is 0.247 e. The number of nitrogens with zero attached hydrogens (tertiary/aromatic N) is 3. The lowest BCUT2D eigenvalue weighted by Gasteiger charge is -2.34. The highest BCUT2D eigenvalue weighted by Gasteiger charge is 2.34. The third-order valence-electron chi connectivity index (χ3n) is 5.41. The van der Waals surface area contributed by atoms with Crippen molar-refractivity contribution in [2.75, 3.05) is 39.8 Å². The fraction of sp³-hybridized carbons (Fsp3) is 0.632. The molecule has 0 radical (unpaired) electrons. The summed E-state index contributed by atoms with van der Waals surface area (Å²) in [7, 11) is 2.14. The highest BCUT2D eigenvalue weighted by molar-refractivity contribution is 6.07. The van der Waals surface area contributed by atoms with Crippen molar-refractivity contribution in [3.63, 3.8) is 0 Å². The Morgan fingerprint density at radius 2 is 1.96 bits per heavy atom. The van der Waals surface area contributed by atoms with E-state index in [1.807, 2.05) is 24.3 Å². The van der Waals surface area contributed by atoms with Gasteiger partial charge in [-0.1, -0.05) is 31.2 Å². The number of hydrogen-bond donors (Lipinski definition) is 2. The van der Waals surface area contributed by atoms with Gasteiger partial charge in [-0.25, -0.2) is 5.43 Å². The molecular weight excluding hydrogens is 330 g/mol. The van der Waals surface area contributed by atoms with E-state index in [-0.39, 0.29) is 36.1 Å². The molecule has 1 saturated heterocycles. The molecule has 3 unspecified atom stereocenters. The van der Waals surface area contributed by atoms with Crippen molar-refractivity contribution in [2.24, 2.45) is 16.9 Å². The molecule has 2 aliphatic heterocycles. The second kappa shape index (κ2) is 8.60. The fourth-order valence-corrected chi connectivity index (χ4v) is 3.67. The van der Waals surface area contributed by atoms with Crippen LogP contribution in [0.25, 0.3) is 0 Å². The van der Waals surface area contributed by atoms with E-state index >= 15 is 0 Å². The van der Waals surface area contributed by atoms with E-state index in [1.54, 1.807) is 0 Å². The van der Waals surface area contributed by atoms with Crippen LogP contribution in [0.4, 0.5) is 0 Å². The Kier molecular flexibility index (Phi) is 6.21. The van der Waals surface area contributed by atoms with Crippen LogP contribution in [-0.2, 0) is 9.59 Å². The molecule has 1 fully saturated rings. The summed E-state index contributed by atoms with van der Waals surface area (Å²) in [6.07, 6.45) is 8.73. The highest BCUT2D eigenvalue weighted by Crippen LogP contribution is 2.25. The minimum absolute atomic E-state index is 0.0254. The van der Waals surface area contributed by atoms with E-state index in [1.165, 1.54) is 0 Å². The predicted molar refractivity (Wildman–Crippen MR) is 102 cm³/mol. The Balaban J connectivity index is 1.53. The summed E-state index contributed by atoms with van der Waals surface area (Å²) in [6.45, 7) is 7.22. The lowest BCUT2D eigenvalue weighted by molar-refractivity contribution is -0.125. The van der Waals surface area contributed by atoms with Crippen LogP contribution in [-0.4, -0.2) is 73.1 Å². The first kappa shape index (κ1) is 18.8. The molecule has 0 bridgehead atoms. The molecule has 0 saturated carbocycles. The number of carbonyl (C=O) groups is 2. The van der Waals surface area contributed by atoms with E-state index in [4.69, 9.17) is 0 Å². The van der Waals surface area contributed by atoms with Crippen LogP contribution in [0.5, 0.6) is 0 Å². The SMILES string of the molecule is CCC(CN1CCN(C)CC1)NC(=O)CC1=NNC(=O)C2C=CC=CC12. The van der Waals surface area contributed by atoms with Crippen molar-refractivity contribution in [1.29, 1.82) is 0 Å². The van der Waals surface area contributed by atoms with Gasteiger partial charge in [-0.3, -0.25) is 14.5 Å². The average Bonchev–Trinajstić information content (AvgIpc) is 2.65. The summed E-state index contributed by atoms with van der Waals surface area (Å²) in [5, 5.41) is 7.30. The summed E-state index contributed by atoms with van der Waals surface area (Å²) in [4.78, 5) is 29.2. The number of hydrazone groups is 1. The van der Waals surface area contributed by atoms with E-state index in [9.17, 15) is 9.59 Å². The Hall–Kier alpha value is -1.99. The molecular formula is C19H29N5O2. The number of rotatable bonds is 6. The van der Waals surface area contributed by atoms with Gasteiger partial charge in [0.2, 0.25) is 11.8 Å². The molecule has 0 aromatic carbocycles. The minimum atomic E-state index is -0.257. The van der Waals surface area contributed by atoms with Gasteiger partial charge in [0.05, 0.1) is 18.1 Å². The maximum absolute atomic E-state index is 12.6. The normalized spacial score (nSPS) is 27.5. The number of likely N-dealkylation sites (N-methyl/N-ethyl adjacent to an activating group) is 1. The van der Waals surface area contributed by atoms with Crippen molar-refractivity contribution in [3.8, 4) is 0 Å². The van der Waals surface area contributed by atoms with Gasteiger partial charge in [0, 0.05) is 44.7 Å². The number of amides is 2. The number of piperazine rings is 1. The van der Waals surface area contributed by atoms with Gasteiger partial charge in [-0.05, 0) is 13.5 Å². The largest absolute Gasteiger partial charge is 0.352 e. The highest BCUT2D eigenvalue weighted by atomic mass is 16.2. The van der Waals surface area contributed by atoms with Crippen LogP contribution < -0.4 is 10.7 Å². The number of hydrogen-bond acceptors (Lipinski definition) is 5. The Bertz CT molecular complexity index is 619. The molecule has 0 spiro atoms. The molecule has 3 rings (SSSR count). The summed E-state index contributed by atoms with van der Waals surface area (Å²) in [6, 6.07) is 0.141. The number of nitrogens with one attached hydrogen (secondary N) is 2. The van der Waals surface area contributed by atoms with Gasteiger partial charge in [0.25, 0.3) is 0 Å². The van der Waals surface area contributed by atoms with E-state index in [2.05, 4.69) is 39.6 Å². The molecule has 0 aromatic heterocycles. The maximum atomic E-state index is 12.6. The molecule has 2 N–H and O–H groups in total. The van der Waals surface area contributed by atoms with Crippen LogP contribution in [0.15, 0.2) is 29.4 Å². The summed E-state index contributed by atoms with van der Waals surface area (Å²) in [5.74, 6) is -0.506. The number of carbonyl (C=O) groups excluding carboxylic acids is 2. The average molecular weight is 359 g/mol. The topological polar surface area (TPSA) is 77.0 Å². The van der Waals surface area contributed by atoms with Crippen molar-refractivity contribution in [1.82, 2.24) is 20.5 Å². The van der Waals surface area contributed by atoms with E-state index < -0.39 is 0 Å². The lowest BCUT2D eigenvalue weighted by Crippen LogP contribution is -2.51. The minimum Gasteiger partial charge on any atom is -0.352 e. The van der Waals surface area contributed by atoms with E-state index in [0.717, 1.165) is 44.9 Å². The zero-order valence-electron chi connectivity index (χ0n) is 15.6. The molecule has 7 nitrogen and oxygen atoms in total. The first-order chi connectivity index (χ1) is 12.6. The van der Waals surface area contributed by atoms with Crippen LogP contribution in [0, 0.1) is 11.8 Å². The fourth-order valence-electron chi connectivity index (χ4n) is 3.67. The molecule has 2 heterocycles. The van der Waals surface area contributed by atoms with Crippen LogP contribution >= 0.6 is 0 Å². The predicted octanol–water partition coefficient (Wildman–Crippen LogP) is 0.363. The van der Waals surface area contributed by atoms with Crippen molar-refractivity contribution < 1.29 is 9.59 Å². The molecule has 142 valence electrons. The first-order valence-corrected chi connectivity index (χ1v) is 9.48. The van der Waals surface area contributed by atoms with Gasteiger partial charge in [-0.15, -0.1) is 0 Å². The molecule has 3 aliphatic rings. The Morgan fingerprint density at radius 3 is 2.65 bits per heavy atom. The van der Waals surface area contributed by atoms with Crippen molar-refractivity contribution in [3.05, 3.63) is 24.3 Å². The lowest BCUT2D eigenvalue weighted by atomic mass is 9.82. The van der Waals surface area contributed by atoms with E-state index in [0.29, 0.717) is 0 Å². The molecule has 3 atom stereocenters. The van der Waals surface area contributed by atoms with Gasteiger partial charge in [0.15, 0.2) is 0 Å². The van der Waals surface area contributed by atoms with Crippen molar-refractivity contribution in [2.45, 2.75) is 25.8 Å². The third kappa shape index (κ3) is 4.59. The zero-order valence-corrected chi connectivity index (χ0v) is 15.6. The third-order valence-corrected chi connectivity index (χ3v) is 5.41. The Morgan fingerprint density at radius 1 is 1.27 bits per heavy atom. The second-order valence-corrected chi connectivity index (χ2v) is 7.35.